The van der Waals surface area contributed by atoms with E-state index in [9.17, 15) is 4.79 Å². The highest BCUT2D eigenvalue weighted by Crippen LogP contribution is 2.26. The van der Waals surface area contributed by atoms with E-state index in [1.807, 2.05) is 23.9 Å². The van der Waals surface area contributed by atoms with Crippen LogP contribution >= 0.6 is 0 Å². The van der Waals surface area contributed by atoms with Crippen LogP contribution < -0.4 is 10.6 Å². The standard InChI is InChI=1S/C16H18N6O/c1-2-22-10-12(9-19-22)16-13(4-6-15(23)21-16)20-14-5-3-11(7-17)8-18-14/h3,5,8-10,13,16H,2,4,6H2,1H3,(H,18,20)(H,21,23)/t13-,16+/m1/s1. The number of piperidine rings is 1. The molecule has 0 bridgehead atoms. The zero-order chi connectivity index (χ0) is 16.2. The van der Waals surface area contributed by atoms with E-state index < -0.39 is 0 Å². The number of nitrogens with zero attached hydrogens (tertiary/aromatic N) is 4. The highest BCUT2D eigenvalue weighted by Gasteiger charge is 2.31. The minimum atomic E-state index is -0.144. The van der Waals surface area contributed by atoms with Crippen LogP contribution in [0, 0.1) is 11.3 Å². The van der Waals surface area contributed by atoms with Gasteiger partial charge in [0.1, 0.15) is 11.9 Å². The highest BCUT2D eigenvalue weighted by atomic mass is 16.1. The van der Waals surface area contributed by atoms with Gasteiger partial charge in [0.15, 0.2) is 0 Å². The Labute approximate surface area is 134 Å². The van der Waals surface area contributed by atoms with Gasteiger partial charge in [-0.2, -0.15) is 10.4 Å². The maximum absolute atomic E-state index is 11.8. The van der Waals surface area contributed by atoms with Gasteiger partial charge in [-0.25, -0.2) is 4.98 Å². The monoisotopic (exact) mass is 310 g/mol. The number of nitrogens with one attached hydrogen (secondary N) is 2. The second kappa shape index (κ2) is 6.48. The number of carbonyl (C=O) groups excluding carboxylic acids is 1. The molecule has 2 atom stereocenters. The number of carbonyl (C=O) groups is 1. The van der Waals surface area contributed by atoms with E-state index in [1.54, 1.807) is 18.3 Å². The zero-order valence-electron chi connectivity index (χ0n) is 12.9. The van der Waals surface area contributed by atoms with Crippen LogP contribution in [0.4, 0.5) is 5.82 Å². The molecule has 1 amide bonds. The van der Waals surface area contributed by atoms with Gasteiger partial charge in [-0.05, 0) is 25.5 Å². The van der Waals surface area contributed by atoms with Gasteiger partial charge in [0, 0.05) is 30.9 Å². The molecule has 0 aromatic carbocycles. The molecule has 0 spiro atoms. The van der Waals surface area contributed by atoms with Crippen molar-refractivity contribution in [3.63, 3.8) is 0 Å². The van der Waals surface area contributed by atoms with Crippen LogP contribution in [0.5, 0.6) is 0 Å². The number of hydrogen-bond acceptors (Lipinski definition) is 5. The molecule has 3 rings (SSSR count). The summed E-state index contributed by atoms with van der Waals surface area (Å²) in [6.07, 6.45) is 6.48. The van der Waals surface area contributed by atoms with Crippen molar-refractivity contribution in [1.82, 2.24) is 20.1 Å². The SMILES string of the molecule is CCn1cc([C@@H]2NC(=O)CC[C@H]2Nc2ccc(C#N)cn2)cn1. The van der Waals surface area contributed by atoms with Crippen LogP contribution in [0.15, 0.2) is 30.7 Å². The molecule has 3 heterocycles. The van der Waals surface area contributed by atoms with E-state index in [2.05, 4.69) is 20.7 Å². The molecule has 0 saturated carbocycles. The lowest BCUT2D eigenvalue weighted by Gasteiger charge is -2.32. The number of pyridine rings is 1. The number of amides is 1. The van der Waals surface area contributed by atoms with E-state index in [0.29, 0.717) is 17.8 Å². The number of hydrogen-bond donors (Lipinski definition) is 2. The summed E-state index contributed by atoms with van der Waals surface area (Å²) in [7, 11) is 0. The Morgan fingerprint density at radius 2 is 2.35 bits per heavy atom. The van der Waals surface area contributed by atoms with Crippen LogP contribution in [0.25, 0.3) is 0 Å². The lowest BCUT2D eigenvalue weighted by Crippen LogP contribution is -2.45. The van der Waals surface area contributed by atoms with Gasteiger partial charge in [0.25, 0.3) is 0 Å². The van der Waals surface area contributed by atoms with Crippen molar-refractivity contribution in [2.75, 3.05) is 5.32 Å². The van der Waals surface area contributed by atoms with Crippen molar-refractivity contribution >= 4 is 11.7 Å². The molecule has 1 fully saturated rings. The van der Waals surface area contributed by atoms with Gasteiger partial charge >= 0.3 is 0 Å². The number of aryl methyl sites for hydroxylation is 1. The third kappa shape index (κ3) is 3.31. The molecule has 23 heavy (non-hydrogen) atoms. The first-order valence-corrected chi connectivity index (χ1v) is 7.64. The first-order valence-electron chi connectivity index (χ1n) is 7.64. The van der Waals surface area contributed by atoms with Crippen molar-refractivity contribution in [3.05, 3.63) is 41.9 Å². The first-order chi connectivity index (χ1) is 11.2. The lowest BCUT2D eigenvalue weighted by molar-refractivity contribution is -0.123. The van der Waals surface area contributed by atoms with Gasteiger partial charge in [-0.1, -0.05) is 0 Å². The van der Waals surface area contributed by atoms with Crippen molar-refractivity contribution in [2.24, 2.45) is 0 Å². The van der Waals surface area contributed by atoms with E-state index >= 15 is 0 Å². The first kappa shape index (κ1) is 15.0. The van der Waals surface area contributed by atoms with Crippen LogP contribution in [0.2, 0.25) is 0 Å². The molecule has 118 valence electrons. The number of aromatic nitrogens is 3. The normalized spacial score (nSPS) is 20.6. The molecule has 2 aromatic heterocycles. The van der Waals surface area contributed by atoms with Crippen molar-refractivity contribution in [1.29, 1.82) is 5.26 Å². The van der Waals surface area contributed by atoms with E-state index in [0.717, 1.165) is 18.5 Å². The lowest BCUT2D eigenvalue weighted by atomic mass is 9.93. The minimum absolute atomic E-state index is 0.0302. The fraction of sp³-hybridized carbons (Fsp3) is 0.375. The minimum Gasteiger partial charge on any atom is -0.365 e. The molecular weight excluding hydrogens is 292 g/mol. The maximum Gasteiger partial charge on any atom is 0.220 e. The van der Waals surface area contributed by atoms with Crippen LogP contribution in [0.3, 0.4) is 0 Å². The smallest absolute Gasteiger partial charge is 0.220 e. The van der Waals surface area contributed by atoms with Gasteiger partial charge in [0.05, 0.1) is 23.8 Å². The van der Waals surface area contributed by atoms with E-state index in [-0.39, 0.29) is 18.0 Å². The van der Waals surface area contributed by atoms with Crippen LogP contribution in [-0.2, 0) is 11.3 Å². The average molecular weight is 310 g/mol. The number of nitriles is 1. The topological polar surface area (TPSA) is 95.6 Å². The second-order valence-electron chi connectivity index (χ2n) is 5.51. The van der Waals surface area contributed by atoms with Crippen LogP contribution in [-0.4, -0.2) is 26.7 Å². The molecule has 7 heteroatoms. The fourth-order valence-corrected chi connectivity index (χ4v) is 2.72. The van der Waals surface area contributed by atoms with E-state index in [4.69, 9.17) is 5.26 Å². The Morgan fingerprint density at radius 1 is 1.48 bits per heavy atom. The summed E-state index contributed by atoms with van der Waals surface area (Å²) >= 11 is 0. The van der Waals surface area contributed by atoms with Crippen molar-refractivity contribution in [2.45, 2.75) is 38.4 Å². The molecule has 0 radical (unpaired) electrons. The molecule has 1 aliphatic rings. The quantitative estimate of drug-likeness (QED) is 0.894. The predicted octanol–water partition coefficient (Wildman–Crippen LogP) is 1.60. The summed E-state index contributed by atoms with van der Waals surface area (Å²) in [6.45, 7) is 2.81. The fourth-order valence-electron chi connectivity index (χ4n) is 2.72. The molecule has 2 aromatic rings. The van der Waals surface area contributed by atoms with Crippen molar-refractivity contribution in [3.8, 4) is 6.07 Å². The molecular formula is C16H18N6O. The zero-order valence-corrected chi connectivity index (χ0v) is 12.9. The van der Waals surface area contributed by atoms with Gasteiger partial charge in [-0.15, -0.1) is 0 Å². The third-order valence-electron chi connectivity index (χ3n) is 3.96. The Balaban J connectivity index is 1.79. The Kier molecular flexibility index (Phi) is 4.24. The number of rotatable bonds is 4. The van der Waals surface area contributed by atoms with Crippen LogP contribution in [0.1, 0.15) is 36.9 Å². The third-order valence-corrected chi connectivity index (χ3v) is 3.96. The van der Waals surface area contributed by atoms with Gasteiger partial charge in [-0.3, -0.25) is 9.48 Å². The predicted molar refractivity (Wildman–Crippen MR) is 84.4 cm³/mol. The van der Waals surface area contributed by atoms with Crippen molar-refractivity contribution < 1.29 is 4.79 Å². The Hall–Kier alpha value is -2.88. The molecule has 7 nitrogen and oxygen atoms in total. The summed E-state index contributed by atoms with van der Waals surface area (Å²) < 4.78 is 1.84. The second-order valence-corrected chi connectivity index (χ2v) is 5.51. The number of anilines is 1. The summed E-state index contributed by atoms with van der Waals surface area (Å²) in [5.41, 5.74) is 1.50. The molecule has 0 unspecified atom stereocenters. The molecule has 1 aliphatic heterocycles. The average Bonchev–Trinajstić information content (AvgIpc) is 3.06. The Bertz CT molecular complexity index is 730. The van der Waals surface area contributed by atoms with Gasteiger partial charge in [0.2, 0.25) is 5.91 Å². The summed E-state index contributed by atoms with van der Waals surface area (Å²) in [5, 5.41) is 19.5. The summed E-state index contributed by atoms with van der Waals surface area (Å²) in [4.78, 5) is 16.0. The summed E-state index contributed by atoms with van der Waals surface area (Å²) in [6, 6.07) is 5.44. The largest absolute Gasteiger partial charge is 0.365 e. The highest BCUT2D eigenvalue weighted by molar-refractivity contribution is 5.77. The Morgan fingerprint density at radius 3 is 3.00 bits per heavy atom. The maximum atomic E-state index is 11.8. The van der Waals surface area contributed by atoms with Gasteiger partial charge < -0.3 is 10.6 Å². The molecule has 0 aliphatic carbocycles. The molecule has 1 saturated heterocycles. The summed E-state index contributed by atoms with van der Waals surface area (Å²) in [5.74, 6) is 0.739. The molecule has 2 N–H and O–H groups in total. The van der Waals surface area contributed by atoms with E-state index in [1.165, 1.54) is 6.20 Å².